The van der Waals surface area contributed by atoms with Crippen LogP contribution in [0, 0.1) is 10.1 Å². The minimum atomic E-state index is -0.485. The lowest BCUT2D eigenvalue weighted by molar-refractivity contribution is -0.384. The van der Waals surface area contributed by atoms with Crippen LogP contribution in [0.5, 0.6) is 0 Å². The van der Waals surface area contributed by atoms with Crippen molar-refractivity contribution in [1.82, 2.24) is 5.01 Å². The zero-order valence-electron chi connectivity index (χ0n) is 15.1. The maximum absolute atomic E-state index is 12.6. The average molecular weight is 412 g/mol. The lowest BCUT2D eigenvalue weighted by Crippen LogP contribution is -2.22. The van der Waals surface area contributed by atoms with Gasteiger partial charge in [-0.1, -0.05) is 36.0 Å². The van der Waals surface area contributed by atoms with Crippen LogP contribution < -0.4 is 4.90 Å². The molecule has 1 saturated heterocycles. The summed E-state index contributed by atoms with van der Waals surface area (Å²) in [5, 5.41) is 16.1. The summed E-state index contributed by atoms with van der Waals surface area (Å²) in [5.74, 6) is -0.326. The highest BCUT2D eigenvalue weighted by Crippen LogP contribution is 2.33. The molecule has 9 heteroatoms. The molecule has 1 heterocycles. The summed E-state index contributed by atoms with van der Waals surface area (Å²) in [4.78, 5) is 25.4. The topological polar surface area (TPSA) is 79.1 Å². The molecule has 0 N–H and O–H groups in total. The van der Waals surface area contributed by atoms with E-state index in [1.807, 2.05) is 43.3 Å². The van der Waals surface area contributed by atoms with Crippen LogP contribution in [-0.4, -0.2) is 40.5 Å². The molecule has 0 bridgehead atoms. The van der Waals surface area contributed by atoms with Gasteiger partial charge >= 0.3 is 0 Å². The van der Waals surface area contributed by atoms with Crippen molar-refractivity contribution in [3.8, 4) is 0 Å². The van der Waals surface area contributed by atoms with E-state index in [0.29, 0.717) is 14.8 Å². The number of carbonyl (C=O) groups is 1. The number of hydrogen-bond donors (Lipinski definition) is 0. The van der Waals surface area contributed by atoms with Gasteiger partial charge in [0.25, 0.3) is 11.6 Å². The van der Waals surface area contributed by atoms with E-state index in [0.717, 1.165) is 16.3 Å². The van der Waals surface area contributed by atoms with E-state index in [1.54, 1.807) is 18.2 Å². The van der Waals surface area contributed by atoms with Gasteiger partial charge in [-0.2, -0.15) is 10.1 Å². The molecular formula is C19H16N4O3S2. The normalized spacial score (nSPS) is 15.6. The van der Waals surface area contributed by atoms with Crippen molar-refractivity contribution in [2.75, 3.05) is 19.0 Å². The SMILES string of the molecule is CN(C)c1ccc(/C=C2/SC(=S)N(/N=C/c3cccc([N+](=O)[O-])c3)C2=O)cc1. The van der Waals surface area contributed by atoms with Crippen molar-refractivity contribution in [3.63, 3.8) is 0 Å². The molecule has 3 rings (SSSR count). The second-order valence-electron chi connectivity index (χ2n) is 6.08. The van der Waals surface area contributed by atoms with Crippen LogP contribution in [0.3, 0.4) is 0 Å². The average Bonchev–Trinajstić information content (AvgIpc) is 2.93. The Labute approximate surface area is 171 Å². The van der Waals surface area contributed by atoms with Crippen molar-refractivity contribution < 1.29 is 9.72 Å². The summed E-state index contributed by atoms with van der Waals surface area (Å²) in [5.41, 5.74) is 2.40. The van der Waals surface area contributed by atoms with Crippen LogP contribution in [-0.2, 0) is 4.79 Å². The van der Waals surface area contributed by atoms with Gasteiger partial charge in [-0.15, -0.1) is 0 Å². The number of hydrogen-bond acceptors (Lipinski definition) is 7. The number of thiocarbonyl (C=S) groups is 1. The Kier molecular flexibility index (Phi) is 5.86. The predicted octanol–water partition coefficient (Wildman–Crippen LogP) is 3.90. The highest BCUT2D eigenvalue weighted by atomic mass is 32.2. The number of nitro groups is 1. The maximum atomic E-state index is 12.6. The number of rotatable bonds is 5. The first-order valence-electron chi connectivity index (χ1n) is 8.19. The van der Waals surface area contributed by atoms with Crippen molar-refractivity contribution in [2.45, 2.75) is 0 Å². The molecule has 28 heavy (non-hydrogen) atoms. The monoisotopic (exact) mass is 412 g/mol. The first-order chi connectivity index (χ1) is 13.3. The molecule has 0 unspecified atom stereocenters. The zero-order chi connectivity index (χ0) is 20.3. The van der Waals surface area contributed by atoms with Crippen LogP contribution in [0.25, 0.3) is 6.08 Å². The van der Waals surface area contributed by atoms with Crippen LogP contribution in [0.4, 0.5) is 11.4 Å². The van der Waals surface area contributed by atoms with Crippen molar-refractivity contribution >= 4 is 57.9 Å². The Bertz CT molecular complexity index is 1000. The highest BCUT2D eigenvalue weighted by Gasteiger charge is 2.32. The molecular weight excluding hydrogens is 396 g/mol. The van der Waals surface area contributed by atoms with E-state index in [-0.39, 0.29) is 11.6 Å². The van der Waals surface area contributed by atoms with E-state index < -0.39 is 4.92 Å². The molecule has 142 valence electrons. The Morgan fingerprint density at radius 1 is 1.18 bits per heavy atom. The molecule has 1 aliphatic rings. The van der Waals surface area contributed by atoms with Gasteiger partial charge < -0.3 is 4.90 Å². The van der Waals surface area contributed by atoms with Gasteiger partial charge in [0.2, 0.25) is 0 Å². The molecule has 1 aliphatic heterocycles. The minimum absolute atomic E-state index is 0.0459. The first kappa shape index (κ1) is 19.7. The molecule has 1 fully saturated rings. The van der Waals surface area contributed by atoms with E-state index in [1.165, 1.54) is 30.1 Å². The summed E-state index contributed by atoms with van der Waals surface area (Å²) in [6, 6.07) is 13.8. The van der Waals surface area contributed by atoms with Gasteiger partial charge in [-0.25, -0.2) is 0 Å². The van der Waals surface area contributed by atoms with E-state index in [2.05, 4.69) is 5.10 Å². The molecule has 7 nitrogen and oxygen atoms in total. The largest absolute Gasteiger partial charge is 0.378 e. The Balaban J connectivity index is 1.78. The lowest BCUT2D eigenvalue weighted by atomic mass is 10.2. The second-order valence-corrected chi connectivity index (χ2v) is 7.75. The quantitative estimate of drug-likeness (QED) is 0.244. The van der Waals surface area contributed by atoms with Gasteiger partial charge in [0.1, 0.15) is 0 Å². The van der Waals surface area contributed by atoms with Gasteiger partial charge in [0.15, 0.2) is 4.32 Å². The molecule has 0 spiro atoms. The molecule has 0 radical (unpaired) electrons. The minimum Gasteiger partial charge on any atom is -0.378 e. The number of thioether (sulfide) groups is 1. The fourth-order valence-electron chi connectivity index (χ4n) is 2.42. The Hall–Kier alpha value is -3.04. The number of nitrogens with zero attached hydrogens (tertiary/aromatic N) is 4. The van der Waals surface area contributed by atoms with Crippen LogP contribution in [0.2, 0.25) is 0 Å². The third-order valence-electron chi connectivity index (χ3n) is 3.88. The molecule has 0 saturated carbocycles. The molecule has 0 atom stereocenters. The fourth-order valence-corrected chi connectivity index (χ4v) is 3.59. The third-order valence-corrected chi connectivity index (χ3v) is 5.17. The number of carbonyl (C=O) groups excluding carboxylic acids is 1. The molecule has 0 aromatic heterocycles. The zero-order valence-corrected chi connectivity index (χ0v) is 16.7. The number of hydrazone groups is 1. The molecule has 1 amide bonds. The molecule has 2 aromatic rings. The number of non-ortho nitro benzene ring substituents is 1. The van der Waals surface area contributed by atoms with Crippen molar-refractivity contribution in [2.24, 2.45) is 5.10 Å². The second kappa shape index (κ2) is 8.32. The number of anilines is 1. The van der Waals surface area contributed by atoms with Crippen LogP contribution in [0.15, 0.2) is 58.5 Å². The number of nitro benzene ring substituents is 1. The van der Waals surface area contributed by atoms with Gasteiger partial charge in [0.05, 0.1) is 16.0 Å². The summed E-state index contributed by atoms with van der Waals surface area (Å²) in [6.45, 7) is 0. The number of amides is 1. The van der Waals surface area contributed by atoms with Gasteiger partial charge in [-0.05, 0) is 36.0 Å². The molecule has 2 aromatic carbocycles. The fraction of sp³-hybridized carbons (Fsp3) is 0.105. The Morgan fingerprint density at radius 3 is 2.54 bits per heavy atom. The van der Waals surface area contributed by atoms with Crippen LogP contribution >= 0.6 is 24.0 Å². The lowest BCUT2D eigenvalue weighted by Gasteiger charge is -2.11. The van der Waals surface area contributed by atoms with Gasteiger partial charge in [-0.3, -0.25) is 14.9 Å². The van der Waals surface area contributed by atoms with E-state index in [4.69, 9.17) is 12.2 Å². The standard InChI is InChI=1S/C19H16N4O3S2/c1-21(2)15-8-6-13(7-9-15)11-17-18(24)22(19(27)28-17)20-12-14-4-3-5-16(10-14)23(25)26/h3-12H,1-2H3/b17-11+,20-12+. The van der Waals surface area contributed by atoms with Crippen LogP contribution in [0.1, 0.15) is 11.1 Å². The summed E-state index contributed by atoms with van der Waals surface area (Å²) in [6.07, 6.45) is 3.15. The first-order valence-corrected chi connectivity index (χ1v) is 9.41. The van der Waals surface area contributed by atoms with E-state index in [9.17, 15) is 14.9 Å². The maximum Gasteiger partial charge on any atom is 0.286 e. The van der Waals surface area contributed by atoms with Gasteiger partial charge in [0, 0.05) is 37.5 Å². The smallest absolute Gasteiger partial charge is 0.286 e. The third kappa shape index (κ3) is 4.44. The summed E-state index contributed by atoms with van der Waals surface area (Å²) >= 11 is 6.41. The number of benzene rings is 2. The van der Waals surface area contributed by atoms with Crippen molar-refractivity contribution in [1.29, 1.82) is 0 Å². The van der Waals surface area contributed by atoms with Crippen molar-refractivity contribution in [3.05, 3.63) is 74.7 Å². The van der Waals surface area contributed by atoms with E-state index >= 15 is 0 Å². The predicted molar refractivity (Wildman–Crippen MR) is 116 cm³/mol. The summed E-state index contributed by atoms with van der Waals surface area (Å²) < 4.78 is 0.308. The highest BCUT2D eigenvalue weighted by molar-refractivity contribution is 8.26. The summed E-state index contributed by atoms with van der Waals surface area (Å²) in [7, 11) is 3.92. The molecule has 0 aliphatic carbocycles. The Morgan fingerprint density at radius 2 is 1.89 bits per heavy atom.